The van der Waals surface area contributed by atoms with E-state index in [2.05, 4.69) is 19.1 Å². The molecule has 0 spiro atoms. The Hall–Kier alpha value is -6.44. The molecular weight excluding hydrogens is 771 g/mol. The molecule has 12 nitrogen and oxygen atoms in total. The summed E-state index contributed by atoms with van der Waals surface area (Å²) >= 11 is 0. The molecule has 0 saturated carbocycles. The van der Waals surface area contributed by atoms with Gasteiger partial charge < -0.3 is 29.1 Å². The number of aromatic nitrogens is 4. The van der Waals surface area contributed by atoms with Gasteiger partial charge in [-0.05, 0) is 110 Å². The lowest BCUT2D eigenvalue weighted by Crippen LogP contribution is -2.44. The first-order chi connectivity index (χ1) is 28.7. The Kier molecular flexibility index (Phi) is 12.1. The zero-order valence-corrected chi connectivity index (χ0v) is 34.0. The van der Waals surface area contributed by atoms with Crippen molar-refractivity contribution in [2.75, 3.05) is 14.1 Å². The number of amides is 2. The van der Waals surface area contributed by atoms with Gasteiger partial charge in [0, 0.05) is 73.8 Å². The molecule has 2 amide bonds. The SMILES string of the molecule is C[C@@H](C(=O)N(C)[C@@H]1CCc2c(CC(=O)O)c3cccnc3n2C1)c1ccc(F)cc1.C[C@H](C(=O)N(C)[C@@H]1CCc2c(CC(=O)O)c3cccnc3n2C1)c1ccc(F)cc1. The average molecular weight is 819 g/mol. The molecule has 0 fully saturated rings. The highest BCUT2D eigenvalue weighted by Gasteiger charge is 2.33. The Balaban J connectivity index is 0.000000181. The van der Waals surface area contributed by atoms with Gasteiger partial charge in [-0.2, -0.15) is 0 Å². The van der Waals surface area contributed by atoms with Crippen molar-refractivity contribution in [2.24, 2.45) is 0 Å². The van der Waals surface area contributed by atoms with Crippen LogP contribution in [0.3, 0.4) is 0 Å². The molecule has 2 aromatic carbocycles. The molecule has 2 N–H and O–H groups in total. The highest BCUT2D eigenvalue weighted by molar-refractivity contribution is 5.88. The topological polar surface area (TPSA) is 151 Å². The Morgan fingerprint density at radius 1 is 0.650 bits per heavy atom. The van der Waals surface area contributed by atoms with E-state index in [1.807, 2.05) is 38.1 Å². The lowest BCUT2D eigenvalue weighted by molar-refractivity contribution is -0.137. The zero-order valence-electron chi connectivity index (χ0n) is 34.0. The number of carboxylic acid groups (broad SMARTS) is 2. The number of benzene rings is 2. The Labute approximate surface area is 346 Å². The van der Waals surface area contributed by atoms with Gasteiger partial charge in [0.05, 0.1) is 24.7 Å². The van der Waals surface area contributed by atoms with Crippen molar-refractivity contribution in [2.45, 2.75) is 89.4 Å². The molecule has 0 aliphatic carbocycles. The lowest BCUT2D eigenvalue weighted by atomic mass is 9.96. The summed E-state index contributed by atoms with van der Waals surface area (Å²) in [6.45, 7) is 4.80. The van der Waals surface area contributed by atoms with Crippen LogP contribution < -0.4 is 0 Å². The fraction of sp³-hybridized carbons (Fsp3) is 0.348. The normalized spacial score (nSPS) is 16.8. The number of halogens is 2. The summed E-state index contributed by atoms with van der Waals surface area (Å²) in [5.74, 6) is -3.17. The molecule has 0 radical (unpaired) electrons. The van der Waals surface area contributed by atoms with Crippen molar-refractivity contribution in [1.29, 1.82) is 0 Å². The maximum Gasteiger partial charge on any atom is 0.307 e. The van der Waals surface area contributed by atoms with Crippen molar-refractivity contribution in [3.05, 3.63) is 130 Å². The van der Waals surface area contributed by atoms with E-state index in [0.29, 0.717) is 25.9 Å². The number of carboxylic acids is 2. The number of nitrogens with zero attached hydrogens (tertiary/aromatic N) is 6. The van der Waals surface area contributed by atoms with E-state index in [-0.39, 0.29) is 60.2 Å². The summed E-state index contributed by atoms with van der Waals surface area (Å²) in [7, 11) is 3.60. The number of fused-ring (bicyclic) bond motifs is 6. The van der Waals surface area contributed by atoms with Crippen molar-refractivity contribution in [1.82, 2.24) is 28.9 Å². The molecular formula is C46H48F2N6O6. The number of likely N-dealkylation sites (N-methyl/N-ethyl adjacent to an activating group) is 2. The van der Waals surface area contributed by atoms with Crippen LogP contribution in [0, 0.1) is 11.6 Å². The molecule has 2 aliphatic rings. The van der Waals surface area contributed by atoms with Gasteiger partial charge in [0.2, 0.25) is 11.8 Å². The van der Waals surface area contributed by atoms with Crippen LogP contribution >= 0.6 is 0 Å². The second kappa shape index (κ2) is 17.4. The molecule has 60 heavy (non-hydrogen) atoms. The van der Waals surface area contributed by atoms with Gasteiger partial charge in [0.15, 0.2) is 0 Å². The maximum absolute atomic E-state index is 13.2. The van der Waals surface area contributed by atoms with Crippen LogP contribution in [0.15, 0.2) is 85.2 Å². The van der Waals surface area contributed by atoms with Gasteiger partial charge >= 0.3 is 11.9 Å². The molecule has 0 saturated heterocycles. The average Bonchev–Trinajstić information content (AvgIpc) is 3.73. The zero-order chi connectivity index (χ0) is 42.8. The number of aliphatic carboxylic acids is 2. The van der Waals surface area contributed by atoms with Crippen molar-refractivity contribution in [3.8, 4) is 0 Å². The first-order valence-electron chi connectivity index (χ1n) is 20.1. The summed E-state index contributed by atoms with van der Waals surface area (Å²) in [5, 5.41) is 20.4. The van der Waals surface area contributed by atoms with Crippen LogP contribution in [0.25, 0.3) is 22.1 Å². The van der Waals surface area contributed by atoms with Gasteiger partial charge in [-0.3, -0.25) is 19.2 Å². The third-order valence-corrected chi connectivity index (χ3v) is 12.2. The quantitative estimate of drug-likeness (QED) is 0.154. The van der Waals surface area contributed by atoms with Crippen LogP contribution in [0.1, 0.15) is 72.2 Å². The lowest BCUT2D eigenvalue weighted by Gasteiger charge is -2.34. The van der Waals surface area contributed by atoms with Gasteiger partial charge in [0.1, 0.15) is 22.9 Å². The number of carbonyl (C=O) groups excluding carboxylic acids is 2. The monoisotopic (exact) mass is 818 g/mol. The Bertz CT molecular complexity index is 2390. The van der Waals surface area contributed by atoms with E-state index < -0.39 is 11.9 Å². The van der Waals surface area contributed by atoms with E-state index in [0.717, 1.165) is 68.6 Å². The van der Waals surface area contributed by atoms with Crippen LogP contribution in [-0.4, -0.2) is 89.0 Å². The van der Waals surface area contributed by atoms with Gasteiger partial charge in [0.25, 0.3) is 0 Å². The van der Waals surface area contributed by atoms with Crippen LogP contribution in [0.2, 0.25) is 0 Å². The molecule has 312 valence electrons. The van der Waals surface area contributed by atoms with E-state index in [1.165, 1.54) is 24.3 Å². The summed E-state index contributed by atoms with van der Waals surface area (Å²) in [4.78, 5) is 61.4. The van der Waals surface area contributed by atoms with Crippen LogP contribution in [0.4, 0.5) is 8.78 Å². The smallest absolute Gasteiger partial charge is 0.307 e. The predicted octanol–water partition coefficient (Wildman–Crippen LogP) is 6.76. The minimum Gasteiger partial charge on any atom is -0.481 e. The molecule has 2 aliphatic heterocycles. The minimum atomic E-state index is -0.864. The highest BCUT2D eigenvalue weighted by Crippen LogP contribution is 2.34. The largest absolute Gasteiger partial charge is 0.481 e. The molecule has 6 heterocycles. The molecule has 0 bridgehead atoms. The highest BCUT2D eigenvalue weighted by atomic mass is 19.1. The van der Waals surface area contributed by atoms with Gasteiger partial charge in [-0.25, -0.2) is 18.7 Å². The number of pyridine rings is 2. The third kappa shape index (κ3) is 8.36. The summed E-state index contributed by atoms with van der Waals surface area (Å²) in [6, 6.07) is 19.5. The van der Waals surface area contributed by atoms with Crippen LogP contribution in [-0.2, 0) is 58.0 Å². The fourth-order valence-electron chi connectivity index (χ4n) is 8.85. The molecule has 6 aromatic rings. The standard InChI is InChI=1S/2C23H24FN3O3/c2*1-14(15-5-7-16(24)8-6-15)23(30)26(2)17-9-10-20-19(12-21(28)29)18-4-3-11-25-22(18)27(20)13-17/h2*3-8,11,14,17H,9-10,12-13H2,1-2H3,(H,28,29)/t14-,17+;14-,17-/m01/s1. The second-order valence-corrected chi connectivity index (χ2v) is 15.8. The maximum atomic E-state index is 13.2. The number of carbonyl (C=O) groups is 4. The number of hydrogen-bond acceptors (Lipinski definition) is 6. The van der Waals surface area contributed by atoms with Crippen LogP contribution in [0.5, 0.6) is 0 Å². The summed E-state index contributed by atoms with van der Waals surface area (Å²) in [6.07, 6.45) is 6.21. The fourth-order valence-corrected chi connectivity index (χ4v) is 8.85. The summed E-state index contributed by atoms with van der Waals surface area (Å²) < 4.78 is 30.5. The van der Waals surface area contributed by atoms with Gasteiger partial charge in [-0.15, -0.1) is 0 Å². The third-order valence-electron chi connectivity index (χ3n) is 12.2. The van der Waals surface area contributed by atoms with E-state index in [1.54, 1.807) is 60.6 Å². The second-order valence-electron chi connectivity index (χ2n) is 15.8. The molecule has 8 rings (SSSR count). The first kappa shape index (κ1) is 41.7. The van der Waals surface area contributed by atoms with Crippen molar-refractivity contribution in [3.63, 3.8) is 0 Å². The minimum absolute atomic E-state index is 0.0229. The Morgan fingerprint density at radius 2 is 1.02 bits per heavy atom. The summed E-state index contributed by atoms with van der Waals surface area (Å²) in [5.41, 5.74) is 6.71. The van der Waals surface area contributed by atoms with E-state index in [9.17, 15) is 38.2 Å². The van der Waals surface area contributed by atoms with E-state index >= 15 is 0 Å². The van der Waals surface area contributed by atoms with Crippen molar-refractivity contribution < 1.29 is 38.2 Å². The molecule has 0 unspecified atom stereocenters. The van der Waals surface area contributed by atoms with Gasteiger partial charge in [-0.1, -0.05) is 24.3 Å². The number of rotatable bonds is 10. The molecule has 14 heteroatoms. The first-order valence-corrected chi connectivity index (χ1v) is 20.1. The predicted molar refractivity (Wildman–Crippen MR) is 222 cm³/mol. The van der Waals surface area contributed by atoms with E-state index in [4.69, 9.17) is 0 Å². The molecule has 4 aromatic heterocycles. The van der Waals surface area contributed by atoms with Crippen molar-refractivity contribution >= 4 is 45.8 Å². The molecule has 4 atom stereocenters. The Morgan fingerprint density at radius 3 is 1.37 bits per heavy atom. The number of hydrogen-bond donors (Lipinski definition) is 2.